The zero-order valence-corrected chi connectivity index (χ0v) is 13.7. The molecule has 0 aromatic heterocycles. The Kier molecular flexibility index (Phi) is 4.91. The van der Waals surface area contributed by atoms with E-state index in [2.05, 4.69) is 50.1 Å². The molecule has 3 rings (SSSR count). The Morgan fingerprint density at radius 1 is 0.955 bits per heavy atom. The van der Waals surface area contributed by atoms with E-state index in [0.717, 1.165) is 16.6 Å². The minimum Gasteiger partial charge on any atom is -0.472 e. The molecular formula is C18H17BrN2O. The van der Waals surface area contributed by atoms with Crippen LogP contribution < -0.4 is 0 Å². The molecule has 112 valence electrons. The predicted octanol–water partition coefficient (Wildman–Crippen LogP) is 4.31. The highest BCUT2D eigenvalue weighted by molar-refractivity contribution is 9.12. The quantitative estimate of drug-likeness (QED) is 0.815. The number of benzene rings is 2. The van der Waals surface area contributed by atoms with Gasteiger partial charge in [-0.05, 0) is 27.1 Å². The zero-order chi connectivity index (χ0) is 15.2. The molecule has 0 atom stereocenters. The third-order valence-corrected chi connectivity index (χ3v) is 3.89. The molecule has 0 amide bonds. The van der Waals surface area contributed by atoms with Crippen molar-refractivity contribution in [2.45, 2.75) is 13.2 Å². The summed E-state index contributed by atoms with van der Waals surface area (Å²) in [5, 5.41) is 0. The predicted molar refractivity (Wildman–Crippen MR) is 92.5 cm³/mol. The van der Waals surface area contributed by atoms with Crippen molar-refractivity contribution in [3.8, 4) is 0 Å². The van der Waals surface area contributed by atoms with Crippen LogP contribution in [0.1, 0.15) is 11.1 Å². The fourth-order valence-corrected chi connectivity index (χ4v) is 2.77. The van der Waals surface area contributed by atoms with Crippen LogP contribution in [0.5, 0.6) is 0 Å². The van der Waals surface area contributed by atoms with Crippen molar-refractivity contribution >= 4 is 21.8 Å². The van der Waals surface area contributed by atoms with Crippen molar-refractivity contribution in [1.82, 2.24) is 4.90 Å². The first kappa shape index (κ1) is 14.9. The molecule has 2 aromatic rings. The molecule has 1 heterocycles. The molecule has 0 fully saturated rings. The van der Waals surface area contributed by atoms with Crippen LogP contribution >= 0.6 is 15.9 Å². The maximum atomic E-state index is 5.79. The monoisotopic (exact) mass is 356 g/mol. The second-order valence-electron chi connectivity index (χ2n) is 5.09. The first-order valence-electron chi connectivity index (χ1n) is 7.18. The van der Waals surface area contributed by atoms with Crippen molar-refractivity contribution in [3.63, 3.8) is 0 Å². The van der Waals surface area contributed by atoms with Gasteiger partial charge in [0.2, 0.25) is 5.90 Å². The summed E-state index contributed by atoms with van der Waals surface area (Å²) in [5.41, 5.74) is 2.40. The van der Waals surface area contributed by atoms with Crippen LogP contribution in [0.3, 0.4) is 0 Å². The molecule has 0 saturated carbocycles. The molecule has 4 heteroatoms. The normalized spacial score (nSPS) is 14.3. The molecular weight excluding hydrogens is 340 g/mol. The lowest BCUT2D eigenvalue weighted by molar-refractivity contribution is 0.281. The second kappa shape index (κ2) is 7.27. The second-order valence-corrected chi connectivity index (χ2v) is 5.94. The van der Waals surface area contributed by atoms with Crippen LogP contribution in [0.2, 0.25) is 0 Å². The lowest BCUT2D eigenvalue weighted by Gasteiger charge is -2.23. The molecule has 0 saturated heterocycles. The first-order valence-corrected chi connectivity index (χ1v) is 7.97. The van der Waals surface area contributed by atoms with Gasteiger partial charge in [0.15, 0.2) is 0 Å². The van der Waals surface area contributed by atoms with E-state index in [1.54, 1.807) is 0 Å². The number of halogens is 1. The van der Waals surface area contributed by atoms with Crippen LogP contribution in [0, 0.1) is 0 Å². The van der Waals surface area contributed by atoms with Gasteiger partial charge in [0.05, 0.1) is 4.48 Å². The van der Waals surface area contributed by atoms with Gasteiger partial charge in [-0.3, -0.25) is 0 Å². The van der Waals surface area contributed by atoms with Crippen LogP contribution in [0.25, 0.3) is 0 Å². The van der Waals surface area contributed by atoms with Gasteiger partial charge in [-0.15, -0.1) is 0 Å². The van der Waals surface area contributed by atoms with Crippen LogP contribution in [-0.2, 0) is 17.9 Å². The van der Waals surface area contributed by atoms with Crippen molar-refractivity contribution in [3.05, 3.63) is 82.5 Å². The summed E-state index contributed by atoms with van der Waals surface area (Å²) < 4.78 is 6.67. The van der Waals surface area contributed by atoms with E-state index >= 15 is 0 Å². The van der Waals surface area contributed by atoms with Gasteiger partial charge in [0.1, 0.15) is 13.3 Å². The highest BCUT2D eigenvalue weighted by Gasteiger charge is 2.14. The van der Waals surface area contributed by atoms with E-state index < -0.39 is 0 Å². The van der Waals surface area contributed by atoms with E-state index in [-0.39, 0.29) is 0 Å². The van der Waals surface area contributed by atoms with Gasteiger partial charge in [-0.2, -0.15) is 0 Å². The number of rotatable bonds is 4. The number of ether oxygens (including phenoxy) is 1. The third-order valence-electron chi connectivity index (χ3n) is 3.34. The number of hydrogen-bond acceptors (Lipinski definition) is 3. The maximum absolute atomic E-state index is 5.79. The molecule has 0 aliphatic carbocycles. The number of nitrogens with zero attached hydrogens (tertiary/aromatic N) is 2. The first-order chi connectivity index (χ1) is 10.8. The molecule has 0 radical (unpaired) electrons. The Morgan fingerprint density at radius 2 is 1.59 bits per heavy atom. The Morgan fingerprint density at radius 3 is 2.23 bits per heavy atom. The van der Waals surface area contributed by atoms with E-state index in [1.807, 2.05) is 42.6 Å². The van der Waals surface area contributed by atoms with E-state index in [9.17, 15) is 0 Å². The summed E-state index contributed by atoms with van der Waals surface area (Å²) >= 11 is 3.55. The molecule has 0 spiro atoms. The van der Waals surface area contributed by atoms with Gasteiger partial charge in [0.25, 0.3) is 0 Å². The average Bonchev–Trinajstić information content (AvgIpc) is 2.56. The molecule has 0 bridgehead atoms. The Labute approximate surface area is 139 Å². The minimum atomic E-state index is 0.529. The molecule has 22 heavy (non-hydrogen) atoms. The van der Waals surface area contributed by atoms with Gasteiger partial charge in [-0.1, -0.05) is 60.7 Å². The Hall–Kier alpha value is -2.07. The van der Waals surface area contributed by atoms with Crippen LogP contribution in [-0.4, -0.2) is 17.5 Å². The molecule has 3 nitrogen and oxygen atoms in total. The average molecular weight is 357 g/mol. The van der Waals surface area contributed by atoms with E-state index in [4.69, 9.17) is 4.74 Å². The summed E-state index contributed by atoms with van der Waals surface area (Å²) in [6.45, 7) is 1.97. The van der Waals surface area contributed by atoms with Crippen LogP contribution in [0.15, 0.2) is 76.3 Å². The van der Waals surface area contributed by atoms with Crippen molar-refractivity contribution in [1.29, 1.82) is 0 Å². The summed E-state index contributed by atoms with van der Waals surface area (Å²) in [5.74, 6) is 0.660. The maximum Gasteiger partial charge on any atom is 0.226 e. The van der Waals surface area contributed by atoms with E-state index in [0.29, 0.717) is 19.2 Å². The highest BCUT2D eigenvalue weighted by Crippen LogP contribution is 2.18. The van der Waals surface area contributed by atoms with Gasteiger partial charge in [-0.25, -0.2) is 4.99 Å². The van der Waals surface area contributed by atoms with Gasteiger partial charge in [0, 0.05) is 12.7 Å². The summed E-state index contributed by atoms with van der Waals surface area (Å²) in [7, 11) is 0. The van der Waals surface area contributed by atoms with E-state index in [1.165, 1.54) is 5.56 Å². The molecule has 0 unspecified atom stereocenters. The minimum absolute atomic E-state index is 0.529. The molecule has 1 aliphatic rings. The largest absolute Gasteiger partial charge is 0.472 e. The third kappa shape index (κ3) is 3.98. The SMILES string of the molecule is BrC1=CN(Cc2ccccc2)CN=C1OCc1ccccc1. The fraction of sp³-hybridized carbons (Fsp3) is 0.167. The summed E-state index contributed by atoms with van der Waals surface area (Å²) in [6, 6.07) is 20.5. The summed E-state index contributed by atoms with van der Waals surface area (Å²) in [4.78, 5) is 6.66. The van der Waals surface area contributed by atoms with Gasteiger partial charge < -0.3 is 9.64 Å². The molecule has 1 aliphatic heterocycles. The topological polar surface area (TPSA) is 24.8 Å². The molecule has 2 aromatic carbocycles. The number of aliphatic imine (C=N–C) groups is 1. The zero-order valence-electron chi connectivity index (χ0n) is 12.2. The van der Waals surface area contributed by atoms with Gasteiger partial charge >= 0.3 is 0 Å². The van der Waals surface area contributed by atoms with Crippen molar-refractivity contribution in [2.75, 3.05) is 6.67 Å². The highest BCUT2D eigenvalue weighted by atomic mass is 79.9. The Bertz CT molecular complexity index is 668. The number of hydrogen-bond donors (Lipinski definition) is 0. The smallest absolute Gasteiger partial charge is 0.226 e. The lowest BCUT2D eigenvalue weighted by Crippen LogP contribution is -2.24. The summed E-state index contributed by atoms with van der Waals surface area (Å²) in [6.07, 6.45) is 2.04. The standard InChI is InChI=1S/C18H17BrN2O/c19-17-12-21(11-15-7-3-1-4-8-15)14-20-18(17)22-13-16-9-5-2-6-10-16/h1-10,12H,11,13-14H2. The fourth-order valence-electron chi connectivity index (χ4n) is 2.24. The lowest BCUT2D eigenvalue weighted by atomic mass is 10.2. The van der Waals surface area contributed by atoms with Crippen molar-refractivity contribution in [2.24, 2.45) is 4.99 Å². The molecule has 0 N–H and O–H groups in total. The van der Waals surface area contributed by atoms with Crippen molar-refractivity contribution < 1.29 is 4.74 Å². The Balaban J connectivity index is 1.57. The van der Waals surface area contributed by atoms with Crippen LogP contribution in [0.4, 0.5) is 0 Å².